The molecule has 0 bridgehead atoms. The first-order chi connectivity index (χ1) is 7.61. The Bertz CT molecular complexity index is 330. The van der Waals surface area contributed by atoms with E-state index in [0.29, 0.717) is 0 Å². The van der Waals surface area contributed by atoms with Crippen LogP contribution >= 0.6 is 0 Å². The predicted octanol–water partition coefficient (Wildman–Crippen LogP) is 2.40. The molecule has 0 aliphatic carbocycles. The second kappa shape index (κ2) is 6.51. The molecule has 1 aromatic rings. The minimum atomic E-state index is 0.832. The van der Waals surface area contributed by atoms with E-state index in [1.54, 1.807) is 0 Å². The number of hydrogen-bond acceptors (Lipinski definition) is 3. The first-order valence-electron chi connectivity index (χ1n) is 5.71. The van der Waals surface area contributed by atoms with E-state index in [9.17, 15) is 0 Å². The fraction of sp³-hybridized carbons (Fsp3) is 0.538. The normalized spacial score (nSPS) is 11.0. The number of rotatable bonds is 7. The van der Waals surface area contributed by atoms with Crippen molar-refractivity contribution < 1.29 is 4.42 Å². The van der Waals surface area contributed by atoms with E-state index in [4.69, 9.17) is 4.42 Å². The molecule has 0 aromatic carbocycles. The molecular weight excluding hydrogens is 200 g/mol. The minimum absolute atomic E-state index is 0.832. The van der Waals surface area contributed by atoms with Crippen LogP contribution in [0.5, 0.6) is 0 Å². The van der Waals surface area contributed by atoms with Gasteiger partial charge in [-0.15, -0.1) is 0 Å². The summed E-state index contributed by atoms with van der Waals surface area (Å²) in [5.41, 5.74) is 2.38. The molecule has 1 rings (SSSR count). The van der Waals surface area contributed by atoms with Crippen molar-refractivity contribution in [3.05, 3.63) is 35.8 Å². The van der Waals surface area contributed by atoms with Gasteiger partial charge in [-0.25, -0.2) is 0 Å². The standard InChI is InChI=1S/C13H22N2O/c1-5-14-7-12-6-13(16-10-12)9-15(4)8-11(2)3/h6,10,14H,2,5,7-9H2,1,3-4H3. The van der Waals surface area contributed by atoms with Crippen LogP contribution in [0.15, 0.2) is 28.9 Å². The van der Waals surface area contributed by atoms with Crippen molar-refractivity contribution in [1.82, 2.24) is 10.2 Å². The summed E-state index contributed by atoms with van der Waals surface area (Å²) < 4.78 is 5.50. The Labute approximate surface area is 98.1 Å². The summed E-state index contributed by atoms with van der Waals surface area (Å²) in [6.45, 7) is 11.6. The van der Waals surface area contributed by atoms with Gasteiger partial charge in [0.2, 0.25) is 0 Å². The Morgan fingerprint density at radius 1 is 1.56 bits per heavy atom. The molecule has 0 atom stereocenters. The van der Waals surface area contributed by atoms with Gasteiger partial charge in [0.25, 0.3) is 0 Å². The van der Waals surface area contributed by atoms with Crippen LogP contribution in [-0.4, -0.2) is 25.0 Å². The molecule has 3 nitrogen and oxygen atoms in total. The monoisotopic (exact) mass is 222 g/mol. The second-order valence-corrected chi connectivity index (χ2v) is 4.33. The third-order valence-corrected chi connectivity index (χ3v) is 2.25. The van der Waals surface area contributed by atoms with Gasteiger partial charge in [0.05, 0.1) is 12.8 Å². The van der Waals surface area contributed by atoms with E-state index >= 15 is 0 Å². The van der Waals surface area contributed by atoms with E-state index in [-0.39, 0.29) is 0 Å². The maximum Gasteiger partial charge on any atom is 0.118 e. The molecule has 1 N–H and O–H groups in total. The SMILES string of the molecule is C=C(C)CN(C)Cc1cc(CNCC)co1. The third kappa shape index (κ3) is 4.64. The lowest BCUT2D eigenvalue weighted by molar-refractivity contribution is 0.317. The van der Waals surface area contributed by atoms with Crippen molar-refractivity contribution in [3.8, 4) is 0 Å². The zero-order chi connectivity index (χ0) is 12.0. The van der Waals surface area contributed by atoms with Crippen LogP contribution in [0.2, 0.25) is 0 Å². The fourth-order valence-electron chi connectivity index (χ4n) is 1.65. The molecule has 0 saturated heterocycles. The van der Waals surface area contributed by atoms with Gasteiger partial charge in [-0.1, -0.05) is 19.1 Å². The molecule has 3 heteroatoms. The Balaban J connectivity index is 2.42. The van der Waals surface area contributed by atoms with E-state index < -0.39 is 0 Å². The average molecular weight is 222 g/mol. The highest BCUT2D eigenvalue weighted by atomic mass is 16.3. The molecular formula is C13H22N2O. The molecule has 0 radical (unpaired) electrons. The fourth-order valence-corrected chi connectivity index (χ4v) is 1.65. The Morgan fingerprint density at radius 3 is 2.94 bits per heavy atom. The highest BCUT2D eigenvalue weighted by Gasteiger charge is 2.05. The number of hydrogen-bond donors (Lipinski definition) is 1. The van der Waals surface area contributed by atoms with E-state index in [1.165, 1.54) is 11.1 Å². The Morgan fingerprint density at radius 2 is 2.31 bits per heavy atom. The van der Waals surface area contributed by atoms with Gasteiger partial charge < -0.3 is 9.73 Å². The van der Waals surface area contributed by atoms with Gasteiger partial charge >= 0.3 is 0 Å². The number of likely N-dealkylation sites (N-methyl/N-ethyl adjacent to an activating group) is 1. The summed E-state index contributed by atoms with van der Waals surface area (Å²) in [5, 5.41) is 3.28. The van der Waals surface area contributed by atoms with Crippen LogP contribution in [0.3, 0.4) is 0 Å². The van der Waals surface area contributed by atoms with E-state index in [1.807, 2.05) is 13.2 Å². The van der Waals surface area contributed by atoms with Crippen LogP contribution in [-0.2, 0) is 13.1 Å². The molecule has 1 heterocycles. The van der Waals surface area contributed by atoms with Crippen molar-refractivity contribution in [2.24, 2.45) is 0 Å². The molecule has 0 unspecified atom stereocenters. The lowest BCUT2D eigenvalue weighted by Gasteiger charge is -2.14. The van der Waals surface area contributed by atoms with Gasteiger partial charge in [-0.2, -0.15) is 0 Å². The Kier molecular flexibility index (Phi) is 5.29. The highest BCUT2D eigenvalue weighted by Crippen LogP contribution is 2.10. The predicted molar refractivity (Wildman–Crippen MR) is 67.2 cm³/mol. The number of nitrogens with zero attached hydrogens (tertiary/aromatic N) is 1. The average Bonchev–Trinajstić information content (AvgIpc) is 2.61. The van der Waals surface area contributed by atoms with Gasteiger partial charge in [0, 0.05) is 18.7 Å². The molecule has 90 valence electrons. The Hall–Kier alpha value is -1.06. The molecule has 0 aliphatic rings. The number of furan rings is 1. The topological polar surface area (TPSA) is 28.4 Å². The van der Waals surface area contributed by atoms with Crippen LogP contribution in [0.25, 0.3) is 0 Å². The maximum atomic E-state index is 5.50. The summed E-state index contributed by atoms with van der Waals surface area (Å²) in [5.74, 6) is 1.01. The van der Waals surface area contributed by atoms with Crippen LogP contribution in [0.1, 0.15) is 25.2 Å². The van der Waals surface area contributed by atoms with Crippen molar-refractivity contribution in [2.75, 3.05) is 20.1 Å². The molecule has 16 heavy (non-hydrogen) atoms. The first-order valence-corrected chi connectivity index (χ1v) is 5.71. The van der Waals surface area contributed by atoms with Crippen LogP contribution in [0.4, 0.5) is 0 Å². The molecule has 1 aromatic heterocycles. The second-order valence-electron chi connectivity index (χ2n) is 4.33. The van der Waals surface area contributed by atoms with E-state index in [0.717, 1.165) is 31.9 Å². The number of nitrogens with one attached hydrogen (secondary N) is 1. The highest BCUT2D eigenvalue weighted by molar-refractivity contribution is 5.12. The van der Waals surface area contributed by atoms with Gasteiger partial charge in [-0.3, -0.25) is 4.90 Å². The third-order valence-electron chi connectivity index (χ3n) is 2.25. The summed E-state index contributed by atoms with van der Waals surface area (Å²) in [6.07, 6.45) is 1.83. The maximum absolute atomic E-state index is 5.50. The summed E-state index contributed by atoms with van der Waals surface area (Å²) in [6, 6.07) is 2.11. The van der Waals surface area contributed by atoms with Crippen molar-refractivity contribution in [3.63, 3.8) is 0 Å². The summed E-state index contributed by atoms with van der Waals surface area (Å²) >= 11 is 0. The summed E-state index contributed by atoms with van der Waals surface area (Å²) in [4.78, 5) is 2.19. The minimum Gasteiger partial charge on any atom is -0.468 e. The lowest BCUT2D eigenvalue weighted by atomic mass is 10.3. The zero-order valence-corrected chi connectivity index (χ0v) is 10.5. The molecule has 0 amide bonds. The van der Waals surface area contributed by atoms with Crippen molar-refractivity contribution in [1.29, 1.82) is 0 Å². The molecule has 0 saturated carbocycles. The zero-order valence-electron chi connectivity index (χ0n) is 10.5. The largest absolute Gasteiger partial charge is 0.468 e. The van der Waals surface area contributed by atoms with Gasteiger partial charge in [0.1, 0.15) is 5.76 Å². The molecule has 0 spiro atoms. The summed E-state index contributed by atoms with van der Waals surface area (Å²) in [7, 11) is 2.07. The van der Waals surface area contributed by atoms with Crippen molar-refractivity contribution in [2.45, 2.75) is 26.9 Å². The van der Waals surface area contributed by atoms with Gasteiger partial charge in [-0.05, 0) is 26.6 Å². The smallest absolute Gasteiger partial charge is 0.118 e. The van der Waals surface area contributed by atoms with E-state index in [2.05, 4.69) is 36.8 Å². The van der Waals surface area contributed by atoms with Crippen LogP contribution < -0.4 is 5.32 Å². The van der Waals surface area contributed by atoms with Gasteiger partial charge in [0.15, 0.2) is 0 Å². The first kappa shape index (κ1) is 13.0. The quantitative estimate of drug-likeness (QED) is 0.718. The van der Waals surface area contributed by atoms with Crippen LogP contribution in [0, 0.1) is 0 Å². The van der Waals surface area contributed by atoms with Crippen molar-refractivity contribution >= 4 is 0 Å². The molecule has 0 aliphatic heterocycles. The molecule has 0 fully saturated rings. The lowest BCUT2D eigenvalue weighted by Crippen LogP contribution is -2.19.